The fourth-order valence-corrected chi connectivity index (χ4v) is 5.52. The van der Waals surface area contributed by atoms with Crippen LogP contribution in [0.4, 0.5) is 5.82 Å². The number of hydrogen-bond acceptors (Lipinski definition) is 5. The number of aromatic nitrogens is 1. The first-order chi connectivity index (χ1) is 9.36. The van der Waals surface area contributed by atoms with Crippen LogP contribution in [0.1, 0.15) is 6.92 Å². The summed E-state index contributed by atoms with van der Waals surface area (Å²) in [5.41, 5.74) is 0. The van der Waals surface area contributed by atoms with Gasteiger partial charge in [-0.25, -0.2) is 13.4 Å². The summed E-state index contributed by atoms with van der Waals surface area (Å²) in [7, 11) is -3.23. The van der Waals surface area contributed by atoms with E-state index in [-0.39, 0.29) is 15.9 Å². The highest BCUT2D eigenvalue weighted by atomic mass is 35.5. The van der Waals surface area contributed by atoms with E-state index in [2.05, 4.69) is 4.98 Å². The molecule has 1 saturated heterocycles. The van der Waals surface area contributed by atoms with E-state index in [9.17, 15) is 8.42 Å². The van der Waals surface area contributed by atoms with Crippen LogP contribution in [0.3, 0.4) is 0 Å². The van der Waals surface area contributed by atoms with E-state index in [1.165, 1.54) is 6.07 Å². The van der Waals surface area contributed by atoms with Crippen molar-refractivity contribution in [3.63, 3.8) is 0 Å². The van der Waals surface area contributed by atoms with E-state index in [0.29, 0.717) is 23.1 Å². The standard InChI is InChI=1S/C11H13Cl3N2O2S2/c1-2-20(17,18)9-6-19-4-3-16(9)11-8(13)5-7(12)10(14)15-11/h5,9H,2-4,6H2,1H3. The molecule has 0 amide bonds. The molecule has 9 heteroatoms. The highest BCUT2D eigenvalue weighted by Crippen LogP contribution is 2.35. The first-order valence-electron chi connectivity index (χ1n) is 5.94. The molecule has 2 rings (SSSR count). The van der Waals surface area contributed by atoms with E-state index >= 15 is 0 Å². The Morgan fingerprint density at radius 3 is 2.75 bits per heavy atom. The highest BCUT2D eigenvalue weighted by Gasteiger charge is 2.34. The van der Waals surface area contributed by atoms with Gasteiger partial charge in [-0.2, -0.15) is 11.8 Å². The summed E-state index contributed by atoms with van der Waals surface area (Å²) in [5, 5.41) is 0.0507. The normalized spacial score (nSPS) is 20.2. The predicted molar refractivity (Wildman–Crippen MR) is 87.2 cm³/mol. The second-order valence-electron chi connectivity index (χ2n) is 4.24. The van der Waals surface area contributed by atoms with Crippen molar-refractivity contribution >= 4 is 62.2 Å². The van der Waals surface area contributed by atoms with Crippen LogP contribution in [0.2, 0.25) is 15.2 Å². The second kappa shape index (κ2) is 6.48. The van der Waals surface area contributed by atoms with Gasteiger partial charge in [0.05, 0.1) is 10.0 Å². The monoisotopic (exact) mass is 374 g/mol. The van der Waals surface area contributed by atoms with E-state index in [1.54, 1.807) is 23.6 Å². The molecule has 1 fully saturated rings. The summed E-state index contributed by atoms with van der Waals surface area (Å²) < 4.78 is 24.4. The minimum Gasteiger partial charge on any atom is -0.337 e. The molecule has 2 heterocycles. The molecule has 0 aliphatic carbocycles. The molecule has 0 aromatic carbocycles. The van der Waals surface area contributed by atoms with Gasteiger partial charge < -0.3 is 4.90 Å². The molecular formula is C11H13Cl3N2O2S2. The molecule has 0 N–H and O–H groups in total. The molecule has 20 heavy (non-hydrogen) atoms. The third-order valence-electron chi connectivity index (χ3n) is 3.04. The number of sulfone groups is 1. The van der Waals surface area contributed by atoms with Crippen LogP contribution in [0.5, 0.6) is 0 Å². The molecule has 112 valence electrons. The summed E-state index contributed by atoms with van der Waals surface area (Å²) in [5.74, 6) is 1.76. The average Bonchev–Trinajstić information content (AvgIpc) is 2.43. The van der Waals surface area contributed by atoms with Gasteiger partial charge in [0, 0.05) is 23.8 Å². The number of rotatable bonds is 3. The van der Waals surface area contributed by atoms with Crippen molar-refractivity contribution in [1.29, 1.82) is 0 Å². The first-order valence-corrected chi connectivity index (χ1v) is 9.94. The number of hydrogen-bond donors (Lipinski definition) is 0. The minimum atomic E-state index is -3.23. The van der Waals surface area contributed by atoms with Crippen molar-refractivity contribution in [2.75, 3.05) is 28.7 Å². The third-order valence-corrected chi connectivity index (χ3v) is 7.28. The lowest BCUT2D eigenvalue weighted by atomic mass is 10.4. The lowest BCUT2D eigenvalue weighted by Gasteiger charge is -2.36. The molecular weight excluding hydrogens is 363 g/mol. The Hall–Kier alpha value is 0.120. The maximum Gasteiger partial charge on any atom is 0.171 e. The average molecular weight is 376 g/mol. The van der Waals surface area contributed by atoms with Crippen molar-refractivity contribution in [2.24, 2.45) is 0 Å². The summed E-state index contributed by atoms with van der Waals surface area (Å²) in [6.07, 6.45) is 0. The third kappa shape index (κ3) is 3.30. The number of halogens is 3. The Bertz CT molecular complexity index is 610. The van der Waals surface area contributed by atoms with Gasteiger partial charge in [-0.15, -0.1) is 0 Å². The zero-order valence-electron chi connectivity index (χ0n) is 10.6. The maximum absolute atomic E-state index is 12.2. The quantitative estimate of drug-likeness (QED) is 0.758. The molecule has 0 bridgehead atoms. The van der Waals surface area contributed by atoms with Crippen molar-refractivity contribution in [2.45, 2.75) is 12.3 Å². The molecule has 1 aliphatic rings. The van der Waals surface area contributed by atoms with Crippen molar-refractivity contribution < 1.29 is 8.42 Å². The predicted octanol–water partition coefficient (Wildman–Crippen LogP) is 3.36. The van der Waals surface area contributed by atoms with Crippen molar-refractivity contribution in [3.8, 4) is 0 Å². The van der Waals surface area contributed by atoms with Crippen LogP contribution in [0, 0.1) is 0 Å². The highest BCUT2D eigenvalue weighted by molar-refractivity contribution is 8.01. The zero-order chi connectivity index (χ0) is 14.9. The topological polar surface area (TPSA) is 50.3 Å². The lowest BCUT2D eigenvalue weighted by Crippen LogP contribution is -2.48. The zero-order valence-corrected chi connectivity index (χ0v) is 14.5. The van der Waals surface area contributed by atoms with E-state index in [4.69, 9.17) is 34.8 Å². The van der Waals surface area contributed by atoms with Gasteiger partial charge >= 0.3 is 0 Å². The summed E-state index contributed by atoms with van der Waals surface area (Å²) >= 11 is 19.5. The van der Waals surface area contributed by atoms with Gasteiger partial charge in [-0.3, -0.25) is 0 Å². The summed E-state index contributed by atoms with van der Waals surface area (Å²) in [6, 6.07) is 1.49. The molecule has 1 aromatic heterocycles. The van der Waals surface area contributed by atoms with Gasteiger partial charge in [-0.05, 0) is 6.07 Å². The Kier molecular flexibility index (Phi) is 5.34. The number of nitrogens with zero attached hydrogens (tertiary/aromatic N) is 2. The van der Waals surface area contributed by atoms with Crippen LogP contribution >= 0.6 is 46.6 Å². The Labute approximate surface area is 137 Å². The summed E-state index contributed by atoms with van der Waals surface area (Å²) in [4.78, 5) is 5.86. The number of pyridine rings is 1. The van der Waals surface area contributed by atoms with Crippen LogP contribution in [0.15, 0.2) is 6.07 Å². The molecule has 1 aromatic rings. The fourth-order valence-electron chi connectivity index (χ4n) is 1.95. The van der Waals surface area contributed by atoms with Crippen LogP contribution < -0.4 is 4.90 Å². The van der Waals surface area contributed by atoms with Crippen LogP contribution in [-0.2, 0) is 9.84 Å². The Balaban J connectivity index is 2.46. The van der Waals surface area contributed by atoms with E-state index in [0.717, 1.165) is 5.75 Å². The van der Waals surface area contributed by atoms with E-state index in [1.807, 2.05) is 0 Å². The summed E-state index contributed by atoms with van der Waals surface area (Å²) in [6.45, 7) is 2.19. The van der Waals surface area contributed by atoms with Crippen molar-refractivity contribution in [3.05, 3.63) is 21.3 Å². The van der Waals surface area contributed by atoms with Crippen LogP contribution in [0.25, 0.3) is 0 Å². The Morgan fingerprint density at radius 1 is 1.40 bits per heavy atom. The smallest absolute Gasteiger partial charge is 0.171 e. The maximum atomic E-state index is 12.2. The lowest BCUT2D eigenvalue weighted by molar-refractivity contribution is 0.579. The minimum absolute atomic E-state index is 0.0771. The molecule has 1 unspecified atom stereocenters. The Morgan fingerprint density at radius 2 is 2.10 bits per heavy atom. The number of anilines is 1. The SMILES string of the molecule is CCS(=O)(=O)C1CSCCN1c1nc(Cl)c(Cl)cc1Cl. The first kappa shape index (κ1) is 16.5. The largest absolute Gasteiger partial charge is 0.337 e. The van der Waals surface area contributed by atoms with Gasteiger partial charge in [0.25, 0.3) is 0 Å². The molecule has 1 atom stereocenters. The van der Waals surface area contributed by atoms with Gasteiger partial charge in [0.15, 0.2) is 9.84 Å². The molecule has 0 saturated carbocycles. The van der Waals surface area contributed by atoms with Crippen molar-refractivity contribution in [1.82, 2.24) is 4.98 Å². The van der Waals surface area contributed by atoms with E-state index < -0.39 is 15.2 Å². The second-order valence-corrected chi connectivity index (χ2v) is 9.01. The van der Waals surface area contributed by atoms with Gasteiger partial charge in [-0.1, -0.05) is 41.7 Å². The van der Waals surface area contributed by atoms with Crippen LogP contribution in [-0.4, -0.2) is 42.6 Å². The number of thioether (sulfide) groups is 1. The molecule has 0 radical (unpaired) electrons. The molecule has 4 nitrogen and oxygen atoms in total. The van der Waals surface area contributed by atoms with Gasteiger partial charge in [0.1, 0.15) is 16.3 Å². The van der Waals surface area contributed by atoms with Gasteiger partial charge in [0.2, 0.25) is 0 Å². The molecule has 0 spiro atoms. The fraction of sp³-hybridized carbons (Fsp3) is 0.545. The molecule has 1 aliphatic heterocycles.